The Morgan fingerprint density at radius 1 is 0.923 bits per heavy atom. The third-order valence-electron chi connectivity index (χ3n) is 4.22. The summed E-state index contributed by atoms with van der Waals surface area (Å²) in [5.41, 5.74) is 2.80. The number of aromatic nitrogens is 1. The third-order valence-corrected chi connectivity index (χ3v) is 4.22. The minimum absolute atomic E-state index is 0.0500. The molecular weight excluding hydrogens is 330 g/mol. The number of benzene rings is 2. The molecule has 26 heavy (non-hydrogen) atoms. The highest BCUT2D eigenvalue weighted by Crippen LogP contribution is 2.30. The fraction of sp³-hybridized carbons (Fsp3) is 0.150. The molecule has 0 radical (unpaired) electrons. The van der Waals surface area contributed by atoms with Crippen LogP contribution in [0.4, 0.5) is 11.4 Å². The molecule has 6 nitrogen and oxygen atoms in total. The Morgan fingerprint density at radius 2 is 1.58 bits per heavy atom. The van der Waals surface area contributed by atoms with Crippen LogP contribution in [0.2, 0.25) is 0 Å². The van der Waals surface area contributed by atoms with Gasteiger partial charge in [0.25, 0.3) is 5.91 Å². The Hall–Kier alpha value is -3.41. The fourth-order valence-electron chi connectivity index (χ4n) is 2.57. The van der Waals surface area contributed by atoms with E-state index in [0.29, 0.717) is 22.7 Å². The van der Waals surface area contributed by atoms with Crippen molar-refractivity contribution < 1.29 is 14.0 Å². The Balaban J connectivity index is 1.38. The Morgan fingerprint density at radius 3 is 2.19 bits per heavy atom. The van der Waals surface area contributed by atoms with Gasteiger partial charge in [0.05, 0.1) is 6.20 Å². The molecule has 130 valence electrons. The first-order valence-corrected chi connectivity index (χ1v) is 8.40. The number of oxazole rings is 1. The standard InChI is InChI=1S/C20H17N3O3/c24-19(14-1-2-14)23-17-9-5-15(6-10-17)20(25)22-16-7-3-13(4-8-16)18-11-21-12-26-18/h3-12,14H,1-2H2,(H,22,25)(H,23,24). The SMILES string of the molecule is O=C(Nc1ccc(-c2cnco2)cc1)c1ccc(NC(=O)C2CC2)cc1. The van der Waals surface area contributed by atoms with Gasteiger partial charge < -0.3 is 15.1 Å². The molecule has 1 fully saturated rings. The van der Waals surface area contributed by atoms with Gasteiger partial charge in [-0.15, -0.1) is 0 Å². The predicted octanol–water partition coefficient (Wildman–Crippen LogP) is 3.94. The van der Waals surface area contributed by atoms with Crippen molar-refractivity contribution in [3.05, 3.63) is 66.7 Å². The van der Waals surface area contributed by atoms with Gasteiger partial charge in [0.15, 0.2) is 12.2 Å². The summed E-state index contributed by atoms with van der Waals surface area (Å²) in [6.45, 7) is 0. The normalized spacial score (nSPS) is 13.2. The lowest BCUT2D eigenvalue weighted by molar-refractivity contribution is -0.117. The van der Waals surface area contributed by atoms with Gasteiger partial charge >= 0.3 is 0 Å². The number of nitrogens with zero attached hydrogens (tertiary/aromatic N) is 1. The molecule has 4 rings (SSSR count). The molecule has 6 heteroatoms. The molecule has 1 aliphatic carbocycles. The van der Waals surface area contributed by atoms with Crippen molar-refractivity contribution in [1.29, 1.82) is 0 Å². The van der Waals surface area contributed by atoms with Gasteiger partial charge in [-0.2, -0.15) is 0 Å². The number of rotatable bonds is 5. The van der Waals surface area contributed by atoms with Gasteiger partial charge in [-0.1, -0.05) is 0 Å². The van der Waals surface area contributed by atoms with Gasteiger partial charge in [0.1, 0.15) is 0 Å². The minimum Gasteiger partial charge on any atom is -0.444 e. The number of nitrogens with one attached hydrogen (secondary N) is 2. The number of amides is 2. The minimum atomic E-state index is -0.211. The lowest BCUT2D eigenvalue weighted by atomic mass is 10.1. The van der Waals surface area contributed by atoms with Crippen LogP contribution in [0.5, 0.6) is 0 Å². The molecule has 0 aliphatic heterocycles. The summed E-state index contributed by atoms with van der Waals surface area (Å²) in [6.07, 6.45) is 4.93. The summed E-state index contributed by atoms with van der Waals surface area (Å²) in [7, 11) is 0. The summed E-state index contributed by atoms with van der Waals surface area (Å²) >= 11 is 0. The van der Waals surface area contributed by atoms with Gasteiger partial charge in [0, 0.05) is 28.4 Å². The van der Waals surface area contributed by atoms with Gasteiger partial charge in [-0.3, -0.25) is 9.59 Å². The largest absolute Gasteiger partial charge is 0.444 e. The van der Waals surface area contributed by atoms with E-state index in [-0.39, 0.29) is 17.7 Å². The molecule has 1 heterocycles. The summed E-state index contributed by atoms with van der Waals surface area (Å²) in [4.78, 5) is 28.0. The van der Waals surface area contributed by atoms with Crippen LogP contribution in [0.1, 0.15) is 23.2 Å². The van der Waals surface area contributed by atoms with Crippen molar-refractivity contribution in [3.63, 3.8) is 0 Å². The summed E-state index contributed by atoms with van der Waals surface area (Å²) in [5.74, 6) is 0.663. The number of hydrogen-bond donors (Lipinski definition) is 2. The van der Waals surface area contributed by atoms with E-state index in [1.165, 1.54) is 6.39 Å². The summed E-state index contributed by atoms with van der Waals surface area (Å²) < 4.78 is 5.24. The van der Waals surface area contributed by atoms with E-state index in [1.54, 1.807) is 42.6 Å². The molecule has 0 atom stereocenters. The van der Waals surface area contributed by atoms with Crippen molar-refractivity contribution >= 4 is 23.2 Å². The first-order chi connectivity index (χ1) is 12.7. The maximum atomic E-state index is 12.4. The van der Waals surface area contributed by atoms with Gasteiger partial charge in [-0.25, -0.2) is 4.98 Å². The second kappa shape index (κ2) is 6.84. The molecule has 2 amide bonds. The second-order valence-electron chi connectivity index (χ2n) is 6.24. The Kier molecular flexibility index (Phi) is 4.23. The van der Waals surface area contributed by atoms with Crippen molar-refractivity contribution in [2.75, 3.05) is 10.6 Å². The molecule has 0 spiro atoms. The number of carbonyl (C=O) groups is 2. The molecule has 0 unspecified atom stereocenters. The number of hydrogen-bond acceptors (Lipinski definition) is 4. The molecule has 1 aliphatic rings. The monoisotopic (exact) mass is 347 g/mol. The lowest BCUT2D eigenvalue weighted by Gasteiger charge is -2.08. The maximum absolute atomic E-state index is 12.4. The third kappa shape index (κ3) is 3.64. The van der Waals surface area contributed by atoms with Crippen LogP contribution in [0.25, 0.3) is 11.3 Å². The van der Waals surface area contributed by atoms with Gasteiger partial charge in [0.2, 0.25) is 5.91 Å². The van der Waals surface area contributed by atoms with Crippen LogP contribution in [0, 0.1) is 5.92 Å². The molecule has 2 N–H and O–H groups in total. The smallest absolute Gasteiger partial charge is 0.255 e. The summed E-state index contributed by atoms with van der Waals surface area (Å²) in [6, 6.07) is 14.2. The highest BCUT2D eigenvalue weighted by molar-refractivity contribution is 6.04. The molecule has 1 saturated carbocycles. The molecule has 2 aromatic carbocycles. The number of anilines is 2. The van der Waals surface area contributed by atoms with Crippen LogP contribution >= 0.6 is 0 Å². The van der Waals surface area contributed by atoms with E-state index in [4.69, 9.17) is 4.42 Å². The molecule has 0 saturated heterocycles. The zero-order chi connectivity index (χ0) is 17.9. The van der Waals surface area contributed by atoms with E-state index in [9.17, 15) is 9.59 Å². The molecule has 1 aromatic heterocycles. The second-order valence-corrected chi connectivity index (χ2v) is 6.24. The quantitative estimate of drug-likeness (QED) is 0.732. The van der Waals surface area contributed by atoms with Crippen LogP contribution < -0.4 is 10.6 Å². The molecular formula is C20H17N3O3. The predicted molar refractivity (Wildman–Crippen MR) is 97.7 cm³/mol. The van der Waals surface area contributed by atoms with Crippen LogP contribution in [0.15, 0.2) is 65.5 Å². The molecule has 0 bridgehead atoms. The zero-order valence-corrected chi connectivity index (χ0v) is 13.9. The molecule has 3 aromatic rings. The first kappa shape index (κ1) is 16.1. The summed E-state index contributed by atoms with van der Waals surface area (Å²) in [5, 5.41) is 5.70. The van der Waals surface area contributed by atoms with Gasteiger partial charge in [-0.05, 0) is 61.4 Å². The Labute approximate surface area is 150 Å². The topological polar surface area (TPSA) is 84.2 Å². The van der Waals surface area contributed by atoms with Crippen molar-refractivity contribution in [2.24, 2.45) is 5.92 Å². The lowest BCUT2D eigenvalue weighted by Crippen LogP contribution is -2.14. The van der Waals surface area contributed by atoms with E-state index in [0.717, 1.165) is 18.4 Å². The fourth-order valence-corrected chi connectivity index (χ4v) is 2.57. The van der Waals surface area contributed by atoms with Crippen LogP contribution in [-0.4, -0.2) is 16.8 Å². The highest BCUT2D eigenvalue weighted by atomic mass is 16.3. The zero-order valence-electron chi connectivity index (χ0n) is 13.9. The van der Waals surface area contributed by atoms with E-state index in [1.807, 2.05) is 12.1 Å². The average Bonchev–Trinajstić information content (AvgIpc) is 3.38. The van der Waals surface area contributed by atoms with Crippen molar-refractivity contribution in [2.45, 2.75) is 12.8 Å². The Bertz CT molecular complexity index is 912. The average molecular weight is 347 g/mol. The van der Waals surface area contributed by atoms with E-state index >= 15 is 0 Å². The van der Waals surface area contributed by atoms with Crippen molar-refractivity contribution in [1.82, 2.24) is 4.98 Å². The van der Waals surface area contributed by atoms with E-state index < -0.39 is 0 Å². The van der Waals surface area contributed by atoms with Crippen LogP contribution in [-0.2, 0) is 4.79 Å². The first-order valence-electron chi connectivity index (χ1n) is 8.40. The highest BCUT2D eigenvalue weighted by Gasteiger charge is 2.29. The van der Waals surface area contributed by atoms with Crippen molar-refractivity contribution in [3.8, 4) is 11.3 Å². The van der Waals surface area contributed by atoms with E-state index in [2.05, 4.69) is 15.6 Å². The number of carbonyl (C=O) groups excluding carboxylic acids is 2. The van der Waals surface area contributed by atoms with Crippen LogP contribution in [0.3, 0.4) is 0 Å². The maximum Gasteiger partial charge on any atom is 0.255 e.